The number of aliphatic hydroxyl groups is 2. The molecule has 362 valence electrons. The lowest BCUT2D eigenvalue weighted by molar-refractivity contribution is -0.223. The number of fused-ring (bicyclic) bond motifs is 2. The van der Waals surface area contributed by atoms with Gasteiger partial charge in [-0.1, -0.05) is 151 Å². The zero-order valence-corrected chi connectivity index (χ0v) is 41.4. The van der Waals surface area contributed by atoms with Crippen molar-refractivity contribution in [3.63, 3.8) is 0 Å². The van der Waals surface area contributed by atoms with E-state index in [2.05, 4.69) is 24.9 Å². The summed E-state index contributed by atoms with van der Waals surface area (Å²) in [4.78, 5) is 19.5. The summed E-state index contributed by atoms with van der Waals surface area (Å²) in [5.41, 5.74) is 3.53. The van der Waals surface area contributed by atoms with E-state index in [4.69, 9.17) is 24.2 Å². The number of nitrogens with zero attached hydrogens (tertiary/aromatic N) is 1. The molecular weight excluding hydrogens is 833 g/mol. The molecule has 0 saturated heterocycles. The molecule has 3 aliphatic rings. The third-order valence-corrected chi connectivity index (χ3v) is 14.8. The molecular formula is C55H84N2O7S. The number of benzene rings is 2. The van der Waals surface area contributed by atoms with Gasteiger partial charge in [0.1, 0.15) is 17.1 Å². The van der Waals surface area contributed by atoms with Crippen LogP contribution in [0.25, 0.3) is 0 Å². The van der Waals surface area contributed by atoms with Gasteiger partial charge in [-0.05, 0) is 99.8 Å². The molecule has 10 heteroatoms. The number of nitrogens with one attached hydrogen (secondary N) is 1. The van der Waals surface area contributed by atoms with Gasteiger partial charge in [0, 0.05) is 37.7 Å². The van der Waals surface area contributed by atoms with Gasteiger partial charge in [-0.15, -0.1) is 6.58 Å². The number of rotatable bonds is 31. The molecule has 6 unspecified atom stereocenters. The number of hydrogen-bond donors (Lipinski definition) is 3. The normalized spacial score (nSPS) is 23.0. The first kappa shape index (κ1) is 52.7. The number of carbonyl (C=O) groups is 1. The average Bonchev–Trinajstić information content (AvgIpc) is 3.30. The highest BCUT2D eigenvalue weighted by atomic mass is 32.2. The van der Waals surface area contributed by atoms with Gasteiger partial charge >= 0.3 is 6.09 Å². The van der Waals surface area contributed by atoms with Crippen molar-refractivity contribution >= 4 is 23.6 Å². The Morgan fingerprint density at radius 2 is 1.52 bits per heavy atom. The minimum Gasteiger partial charge on any atom is -0.460 e. The molecule has 9 nitrogen and oxygen atoms in total. The van der Waals surface area contributed by atoms with Gasteiger partial charge in [0.05, 0.1) is 23.5 Å². The molecule has 1 fully saturated rings. The van der Waals surface area contributed by atoms with Crippen LogP contribution in [0, 0.1) is 17.8 Å². The van der Waals surface area contributed by atoms with E-state index in [-0.39, 0.29) is 42.1 Å². The first-order valence-corrected chi connectivity index (χ1v) is 26.6. The van der Waals surface area contributed by atoms with Crippen molar-refractivity contribution in [1.82, 2.24) is 5.32 Å². The van der Waals surface area contributed by atoms with Gasteiger partial charge in [0.2, 0.25) is 5.79 Å². The first-order chi connectivity index (χ1) is 31.6. The number of hydrogen-bond acceptors (Lipinski definition) is 9. The zero-order chi connectivity index (χ0) is 46.3. The Morgan fingerprint density at radius 1 is 0.877 bits per heavy atom. The highest BCUT2D eigenvalue weighted by molar-refractivity contribution is 8.00. The fourth-order valence-electron chi connectivity index (χ4n) is 10.2. The summed E-state index contributed by atoms with van der Waals surface area (Å²) in [6.45, 7) is 13.4. The van der Waals surface area contributed by atoms with Crippen LogP contribution in [0.5, 0.6) is 11.5 Å². The van der Waals surface area contributed by atoms with Gasteiger partial charge in [-0.2, -0.15) is 11.8 Å². The lowest BCUT2D eigenvalue weighted by atomic mass is 9.56. The second-order valence-corrected chi connectivity index (χ2v) is 21.0. The van der Waals surface area contributed by atoms with E-state index in [1.165, 1.54) is 83.5 Å². The van der Waals surface area contributed by atoms with Gasteiger partial charge in [-0.25, -0.2) is 4.79 Å². The van der Waals surface area contributed by atoms with Crippen molar-refractivity contribution in [2.75, 3.05) is 25.6 Å². The molecule has 5 rings (SSSR count). The molecule has 1 heterocycles. The van der Waals surface area contributed by atoms with E-state index in [1.54, 1.807) is 0 Å². The molecule has 1 amide bonds. The van der Waals surface area contributed by atoms with E-state index < -0.39 is 17.5 Å². The van der Waals surface area contributed by atoms with E-state index >= 15 is 0 Å². The van der Waals surface area contributed by atoms with Crippen molar-refractivity contribution in [2.45, 2.75) is 192 Å². The molecule has 0 bridgehead atoms. The SMILES string of the molecule is C=CCOC12Oc3ccc(OC(=O)NCc4ccccc4)cc3C3C(CCCCO)C(CCCCO)C=C(C(=NOC(C)(C)C)CC1SCCCCCCCCCCCCCCCC)C32. The van der Waals surface area contributed by atoms with Crippen LogP contribution in [0.2, 0.25) is 0 Å². The first-order valence-electron chi connectivity index (χ1n) is 25.5. The minimum absolute atomic E-state index is 0.0818. The topological polar surface area (TPSA) is 119 Å². The van der Waals surface area contributed by atoms with Crippen molar-refractivity contribution in [3.8, 4) is 11.5 Å². The van der Waals surface area contributed by atoms with Gasteiger partial charge < -0.3 is 34.6 Å². The molecule has 2 aliphatic carbocycles. The van der Waals surface area contributed by atoms with E-state index in [0.29, 0.717) is 31.7 Å². The number of thioether (sulfide) groups is 1. The summed E-state index contributed by atoms with van der Waals surface area (Å²) >= 11 is 1.94. The van der Waals surface area contributed by atoms with E-state index in [0.717, 1.165) is 72.4 Å². The lowest BCUT2D eigenvalue weighted by Gasteiger charge is -2.58. The molecule has 0 radical (unpaired) electrons. The van der Waals surface area contributed by atoms with Crippen molar-refractivity contribution in [3.05, 3.63) is 84.0 Å². The number of aliphatic hydroxyl groups excluding tert-OH is 2. The number of ether oxygens (including phenoxy) is 3. The summed E-state index contributed by atoms with van der Waals surface area (Å²) in [7, 11) is 0. The maximum Gasteiger partial charge on any atom is 0.412 e. The van der Waals surface area contributed by atoms with Gasteiger partial charge in [-0.3, -0.25) is 0 Å². The monoisotopic (exact) mass is 917 g/mol. The Labute approximate surface area is 397 Å². The molecule has 1 aliphatic heterocycles. The third kappa shape index (κ3) is 16.2. The summed E-state index contributed by atoms with van der Waals surface area (Å²) in [6.07, 6.45) is 27.9. The maximum atomic E-state index is 13.2. The fourth-order valence-corrected chi connectivity index (χ4v) is 11.6. The number of allylic oxidation sites excluding steroid dienone is 1. The number of amides is 1. The Hall–Kier alpha value is -3.31. The zero-order valence-electron chi connectivity index (χ0n) is 40.5. The van der Waals surface area contributed by atoms with Crippen molar-refractivity contribution in [1.29, 1.82) is 0 Å². The molecule has 1 saturated carbocycles. The fraction of sp³-hybridized carbons (Fsp3) is 0.673. The maximum absolute atomic E-state index is 13.2. The number of oxime groups is 1. The van der Waals surface area contributed by atoms with Crippen LogP contribution in [0.15, 0.2) is 78.0 Å². The number of unbranched alkanes of at least 4 members (excludes halogenated alkanes) is 15. The van der Waals surface area contributed by atoms with Crippen LogP contribution < -0.4 is 14.8 Å². The van der Waals surface area contributed by atoms with E-state index in [9.17, 15) is 15.0 Å². The van der Waals surface area contributed by atoms with Crippen molar-refractivity contribution < 1.29 is 34.1 Å². The quantitative estimate of drug-likeness (QED) is 0.0389. The molecule has 0 spiro atoms. The standard InChI is InChI=1S/C55H84N2O7S/c1-6-8-9-10-11-12-13-14-15-16-17-18-19-27-37-65-50-40-48(57-64-54(3,4)5)46-38-43(30-23-25-34-58)45(31-24-26-35-59)51-47-39-44(62-53(60)56-41-42-28-21-20-22-29-42)32-33-49(47)63-55(50,52(46)51)61-36-7-2/h7,20-22,28-29,32-33,38-39,43,45,50-52,58-59H,2,6,8-19,23-27,30-31,34-37,40-41H2,1,3-5H3,(H,56,60). The summed E-state index contributed by atoms with van der Waals surface area (Å²) in [5, 5.41) is 27.7. The van der Waals surface area contributed by atoms with Crippen LogP contribution in [-0.2, 0) is 16.1 Å². The molecule has 2 aromatic carbocycles. The second kappa shape index (κ2) is 28.1. The van der Waals surface area contributed by atoms with Crippen LogP contribution in [0.1, 0.15) is 180 Å². The van der Waals surface area contributed by atoms with Crippen LogP contribution in [0.4, 0.5) is 4.79 Å². The lowest BCUT2D eigenvalue weighted by Crippen LogP contribution is -2.64. The minimum atomic E-state index is -1.03. The van der Waals surface area contributed by atoms with Gasteiger partial charge in [0.25, 0.3) is 0 Å². The summed E-state index contributed by atoms with van der Waals surface area (Å²) < 4.78 is 20.5. The molecule has 3 N–H and O–H groups in total. The average molecular weight is 917 g/mol. The van der Waals surface area contributed by atoms with Crippen LogP contribution in [-0.4, -0.2) is 64.2 Å². The Bertz CT molecular complexity index is 1760. The smallest absolute Gasteiger partial charge is 0.412 e. The molecule has 2 aromatic rings. The Kier molecular flexibility index (Phi) is 22.8. The summed E-state index contributed by atoms with van der Waals surface area (Å²) in [5.74, 6) is 1.14. The molecule has 65 heavy (non-hydrogen) atoms. The summed E-state index contributed by atoms with van der Waals surface area (Å²) in [6, 6.07) is 15.6. The van der Waals surface area contributed by atoms with E-state index in [1.807, 2.05) is 87.1 Å². The largest absolute Gasteiger partial charge is 0.460 e. The van der Waals surface area contributed by atoms with Crippen molar-refractivity contribution in [2.24, 2.45) is 22.9 Å². The van der Waals surface area contributed by atoms with Crippen LogP contribution in [0.3, 0.4) is 0 Å². The molecule has 0 aromatic heterocycles. The number of carbonyl (C=O) groups excluding carboxylic acids is 1. The highest BCUT2D eigenvalue weighted by Gasteiger charge is 2.64. The van der Waals surface area contributed by atoms with Gasteiger partial charge in [0.15, 0.2) is 0 Å². The van der Waals surface area contributed by atoms with Crippen LogP contribution >= 0.6 is 11.8 Å². The highest BCUT2D eigenvalue weighted by Crippen LogP contribution is 2.62. The predicted octanol–water partition coefficient (Wildman–Crippen LogP) is 13.6. The Morgan fingerprint density at radius 3 is 2.15 bits per heavy atom. The Balaban J connectivity index is 1.42. The molecule has 6 atom stereocenters. The second-order valence-electron chi connectivity index (χ2n) is 19.6. The third-order valence-electron chi connectivity index (χ3n) is 13.4. The predicted molar refractivity (Wildman–Crippen MR) is 268 cm³/mol.